The van der Waals surface area contributed by atoms with Crippen molar-refractivity contribution in [2.75, 3.05) is 0 Å². The molecule has 0 heterocycles. The van der Waals surface area contributed by atoms with Crippen LogP contribution in [0.15, 0.2) is 18.2 Å². The Hall–Kier alpha value is -1.38. The summed E-state index contributed by atoms with van der Waals surface area (Å²) in [7, 11) is 0. The van der Waals surface area contributed by atoms with Crippen molar-refractivity contribution in [2.24, 2.45) is 0 Å². The molecule has 0 aromatic heterocycles. The Kier molecular flexibility index (Phi) is 4.96. The Morgan fingerprint density at radius 3 is 2.75 bits per heavy atom. The van der Waals surface area contributed by atoms with E-state index in [1.165, 1.54) is 6.07 Å². The van der Waals surface area contributed by atoms with Crippen LogP contribution < -0.4 is 0 Å². The fourth-order valence-corrected chi connectivity index (χ4v) is 1.66. The smallest absolute Gasteiger partial charge is 0.303 e. The van der Waals surface area contributed by atoms with E-state index in [0.29, 0.717) is 12.8 Å². The Bertz CT molecular complexity index is 361. The van der Waals surface area contributed by atoms with Crippen LogP contribution in [0.4, 0.5) is 4.39 Å². The molecule has 0 spiro atoms. The maximum Gasteiger partial charge on any atom is 0.303 e. The molecule has 0 aliphatic rings. The molecule has 0 amide bonds. The van der Waals surface area contributed by atoms with Crippen molar-refractivity contribution in [3.63, 3.8) is 0 Å². The molecule has 0 aliphatic carbocycles. The summed E-state index contributed by atoms with van der Waals surface area (Å²) in [6.07, 6.45) is 3.24. The fraction of sp³-hybridized carbons (Fsp3) is 0.462. The molecule has 0 unspecified atom stereocenters. The zero-order valence-electron chi connectivity index (χ0n) is 9.50. The van der Waals surface area contributed by atoms with Gasteiger partial charge in [0, 0.05) is 6.42 Å². The molecule has 0 bridgehead atoms. The number of aliphatic carboxylic acids is 1. The predicted octanol–water partition coefficient (Wildman–Crippen LogP) is 3.32. The molecule has 0 radical (unpaired) electrons. The van der Waals surface area contributed by atoms with Crippen molar-refractivity contribution in [3.05, 3.63) is 35.1 Å². The summed E-state index contributed by atoms with van der Waals surface area (Å²) in [5, 5.41) is 8.45. The largest absolute Gasteiger partial charge is 0.481 e. The van der Waals surface area contributed by atoms with Gasteiger partial charge in [0.15, 0.2) is 0 Å². The van der Waals surface area contributed by atoms with Crippen LogP contribution in [0.2, 0.25) is 0 Å². The minimum Gasteiger partial charge on any atom is -0.481 e. The lowest BCUT2D eigenvalue weighted by atomic mass is 10.0. The normalized spacial score (nSPS) is 10.4. The van der Waals surface area contributed by atoms with E-state index in [4.69, 9.17) is 5.11 Å². The summed E-state index contributed by atoms with van der Waals surface area (Å²) in [4.78, 5) is 10.3. The van der Waals surface area contributed by atoms with Gasteiger partial charge in [-0.25, -0.2) is 4.39 Å². The van der Waals surface area contributed by atoms with E-state index in [1.807, 2.05) is 13.0 Å². The fourth-order valence-electron chi connectivity index (χ4n) is 1.66. The minimum atomic E-state index is -0.762. The summed E-state index contributed by atoms with van der Waals surface area (Å²) in [6.45, 7) is 1.94. The van der Waals surface area contributed by atoms with E-state index >= 15 is 0 Å². The second-order valence-corrected chi connectivity index (χ2v) is 4.05. The van der Waals surface area contributed by atoms with Gasteiger partial charge in [0.2, 0.25) is 0 Å². The number of carbonyl (C=O) groups is 1. The molecule has 0 aliphatic heterocycles. The summed E-state index contributed by atoms with van der Waals surface area (Å²) in [5.41, 5.74) is 1.79. The molecule has 88 valence electrons. The highest BCUT2D eigenvalue weighted by Gasteiger charge is 2.02. The van der Waals surface area contributed by atoms with Crippen LogP contribution in [-0.2, 0) is 11.2 Å². The highest BCUT2D eigenvalue weighted by atomic mass is 19.1. The maximum atomic E-state index is 13.3. The van der Waals surface area contributed by atoms with Crippen LogP contribution >= 0.6 is 0 Å². The minimum absolute atomic E-state index is 0.163. The van der Waals surface area contributed by atoms with Crippen LogP contribution in [0.25, 0.3) is 0 Å². The average molecular weight is 224 g/mol. The molecule has 1 rings (SSSR count). The monoisotopic (exact) mass is 224 g/mol. The number of rotatable bonds is 6. The van der Waals surface area contributed by atoms with Gasteiger partial charge in [0.1, 0.15) is 5.82 Å². The molecule has 0 fully saturated rings. The molecule has 1 aromatic carbocycles. The quantitative estimate of drug-likeness (QED) is 0.752. The lowest BCUT2D eigenvalue weighted by molar-refractivity contribution is -0.137. The van der Waals surface area contributed by atoms with Crippen molar-refractivity contribution in [1.82, 2.24) is 0 Å². The lowest BCUT2D eigenvalue weighted by Crippen LogP contribution is -1.95. The van der Waals surface area contributed by atoms with Crippen LogP contribution in [0.3, 0.4) is 0 Å². The van der Waals surface area contributed by atoms with Gasteiger partial charge in [-0.3, -0.25) is 4.79 Å². The molecule has 0 saturated heterocycles. The van der Waals surface area contributed by atoms with E-state index in [2.05, 4.69) is 0 Å². The van der Waals surface area contributed by atoms with Gasteiger partial charge < -0.3 is 5.11 Å². The van der Waals surface area contributed by atoms with Gasteiger partial charge in [-0.15, -0.1) is 0 Å². The van der Waals surface area contributed by atoms with Crippen LogP contribution in [-0.4, -0.2) is 11.1 Å². The molecule has 0 saturated carbocycles. The molecule has 2 nitrogen and oxygen atoms in total. The first-order valence-electron chi connectivity index (χ1n) is 5.56. The van der Waals surface area contributed by atoms with Crippen LogP contribution in [0.5, 0.6) is 0 Å². The predicted molar refractivity (Wildman–Crippen MR) is 60.9 cm³/mol. The highest BCUT2D eigenvalue weighted by Crippen LogP contribution is 2.13. The Morgan fingerprint density at radius 1 is 1.31 bits per heavy atom. The van der Waals surface area contributed by atoms with Crippen molar-refractivity contribution < 1.29 is 14.3 Å². The van der Waals surface area contributed by atoms with Crippen LogP contribution in [0, 0.1) is 12.7 Å². The van der Waals surface area contributed by atoms with E-state index < -0.39 is 5.97 Å². The summed E-state index contributed by atoms with van der Waals surface area (Å²) < 4.78 is 13.3. The second-order valence-electron chi connectivity index (χ2n) is 4.05. The van der Waals surface area contributed by atoms with Crippen molar-refractivity contribution in [1.29, 1.82) is 0 Å². The molecule has 1 aromatic rings. The molecule has 1 N–H and O–H groups in total. The van der Waals surface area contributed by atoms with Gasteiger partial charge in [-0.2, -0.15) is 0 Å². The third-order valence-corrected chi connectivity index (χ3v) is 2.54. The summed E-state index contributed by atoms with van der Waals surface area (Å²) in [6, 6.07) is 5.09. The first kappa shape index (κ1) is 12.7. The number of hydrogen-bond acceptors (Lipinski definition) is 1. The number of halogens is 1. The SMILES string of the molecule is Cc1ccc(F)c(CCCCCC(=O)O)c1. The second kappa shape index (κ2) is 6.26. The number of benzene rings is 1. The molecular formula is C13H17FO2. The van der Waals surface area contributed by atoms with Gasteiger partial charge in [0.25, 0.3) is 0 Å². The third kappa shape index (κ3) is 4.43. The van der Waals surface area contributed by atoms with E-state index in [1.54, 1.807) is 6.07 Å². The zero-order chi connectivity index (χ0) is 12.0. The van der Waals surface area contributed by atoms with Crippen molar-refractivity contribution in [2.45, 2.75) is 39.0 Å². The molecule has 3 heteroatoms. The number of unbranched alkanes of at least 4 members (excludes halogenated alkanes) is 2. The third-order valence-electron chi connectivity index (χ3n) is 2.54. The van der Waals surface area contributed by atoms with Gasteiger partial charge in [0.05, 0.1) is 0 Å². The van der Waals surface area contributed by atoms with Gasteiger partial charge in [-0.05, 0) is 37.8 Å². The zero-order valence-corrected chi connectivity index (χ0v) is 9.50. The highest BCUT2D eigenvalue weighted by molar-refractivity contribution is 5.66. The number of carboxylic acids is 1. The van der Waals surface area contributed by atoms with Gasteiger partial charge in [-0.1, -0.05) is 24.1 Å². The summed E-state index contributed by atoms with van der Waals surface area (Å²) in [5.74, 6) is -0.925. The molecule has 16 heavy (non-hydrogen) atoms. The average Bonchev–Trinajstić information content (AvgIpc) is 2.22. The van der Waals surface area contributed by atoms with E-state index in [-0.39, 0.29) is 12.2 Å². The van der Waals surface area contributed by atoms with Crippen LogP contribution in [0.1, 0.15) is 36.8 Å². The van der Waals surface area contributed by atoms with E-state index in [0.717, 1.165) is 24.0 Å². The Morgan fingerprint density at radius 2 is 2.06 bits per heavy atom. The maximum absolute atomic E-state index is 13.3. The van der Waals surface area contributed by atoms with Gasteiger partial charge >= 0.3 is 5.97 Å². The summed E-state index contributed by atoms with van der Waals surface area (Å²) >= 11 is 0. The molecular weight excluding hydrogens is 207 g/mol. The standard InChI is InChI=1S/C13H17FO2/c1-10-7-8-12(14)11(9-10)5-3-2-4-6-13(15)16/h7-9H,2-6H2,1H3,(H,15,16). The Labute approximate surface area is 95.1 Å². The lowest BCUT2D eigenvalue weighted by Gasteiger charge is -2.04. The topological polar surface area (TPSA) is 37.3 Å². The molecule has 0 atom stereocenters. The first-order valence-corrected chi connectivity index (χ1v) is 5.56. The van der Waals surface area contributed by atoms with Crippen molar-refractivity contribution in [3.8, 4) is 0 Å². The number of hydrogen-bond donors (Lipinski definition) is 1. The first-order chi connectivity index (χ1) is 7.59. The number of carboxylic acid groups (broad SMARTS) is 1. The van der Waals surface area contributed by atoms with E-state index in [9.17, 15) is 9.18 Å². The Balaban J connectivity index is 2.31. The van der Waals surface area contributed by atoms with Crippen molar-refractivity contribution >= 4 is 5.97 Å². The number of aryl methyl sites for hydroxylation is 2.